The Morgan fingerprint density at radius 2 is 2.05 bits per heavy atom. The molecule has 0 fully saturated rings. The van der Waals surface area contributed by atoms with Crippen molar-refractivity contribution in [2.75, 3.05) is 0 Å². The lowest BCUT2D eigenvalue weighted by Gasteiger charge is -2.03. The van der Waals surface area contributed by atoms with E-state index in [4.69, 9.17) is 5.73 Å². The molecular weight excluding hydrogens is 240 g/mol. The zero-order valence-electron chi connectivity index (χ0n) is 10.5. The van der Waals surface area contributed by atoms with E-state index in [9.17, 15) is 0 Å². The molecule has 0 bridgehead atoms. The number of aromatic nitrogens is 5. The maximum Gasteiger partial charge on any atom is 0.181 e. The van der Waals surface area contributed by atoms with Crippen LogP contribution < -0.4 is 5.73 Å². The first-order chi connectivity index (χ1) is 9.24. The van der Waals surface area contributed by atoms with Crippen molar-refractivity contribution in [1.82, 2.24) is 25.0 Å². The van der Waals surface area contributed by atoms with Crippen molar-refractivity contribution in [1.29, 1.82) is 0 Å². The van der Waals surface area contributed by atoms with Crippen molar-refractivity contribution in [3.8, 4) is 11.4 Å². The summed E-state index contributed by atoms with van der Waals surface area (Å²) in [6.07, 6.45) is 3.60. The Hall–Kier alpha value is -2.47. The van der Waals surface area contributed by atoms with Crippen LogP contribution in [-0.4, -0.2) is 25.0 Å². The lowest BCUT2D eigenvalue weighted by atomic mass is 10.1. The van der Waals surface area contributed by atoms with E-state index in [0.717, 1.165) is 11.1 Å². The van der Waals surface area contributed by atoms with Gasteiger partial charge in [0.2, 0.25) is 0 Å². The summed E-state index contributed by atoms with van der Waals surface area (Å²) in [6.45, 7) is 0. The van der Waals surface area contributed by atoms with Crippen LogP contribution in [0.1, 0.15) is 17.4 Å². The Kier molecular flexibility index (Phi) is 2.85. The van der Waals surface area contributed by atoms with Crippen molar-refractivity contribution in [3.05, 3.63) is 54.1 Å². The number of aromatic amines is 1. The molecular formula is C13H14N6. The van der Waals surface area contributed by atoms with Gasteiger partial charge in [0.15, 0.2) is 5.82 Å². The van der Waals surface area contributed by atoms with Crippen LogP contribution in [0.5, 0.6) is 0 Å². The summed E-state index contributed by atoms with van der Waals surface area (Å²) in [5.74, 6) is 1.28. The van der Waals surface area contributed by atoms with Gasteiger partial charge in [0.1, 0.15) is 5.82 Å². The highest BCUT2D eigenvalue weighted by Gasteiger charge is 2.15. The van der Waals surface area contributed by atoms with Gasteiger partial charge in [-0.15, -0.1) is 0 Å². The van der Waals surface area contributed by atoms with Crippen LogP contribution in [0.15, 0.2) is 42.7 Å². The van der Waals surface area contributed by atoms with Crippen LogP contribution in [0, 0.1) is 0 Å². The van der Waals surface area contributed by atoms with Crippen LogP contribution in [0.2, 0.25) is 0 Å². The summed E-state index contributed by atoms with van der Waals surface area (Å²) >= 11 is 0. The summed E-state index contributed by atoms with van der Waals surface area (Å²) in [5.41, 5.74) is 8.00. The fourth-order valence-electron chi connectivity index (χ4n) is 1.89. The molecule has 1 unspecified atom stereocenters. The van der Waals surface area contributed by atoms with Gasteiger partial charge in [-0.1, -0.05) is 30.3 Å². The van der Waals surface area contributed by atoms with Gasteiger partial charge in [-0.2, -0.15) is 10.2 Å². The van der Waals surface area contributed by atoms with Gasteiger partial charge in [0.25, 0.3) is 0 Å². The first kappa shape index (κ1) is 11.6. The van der Waals surface area contributed by atoms with Crippen LogP contribution in [-0.2, 0) is 7.05 Å². The van der Waals surface area contributed by atoms with Crippen molar-refractivity contribution in [3.63, 3.8) is 0 Å². The predicted octanol–water partition coefficient (Wildman–Crippen LogP) is 1.25. The number of benzene rings is 1. The van der Waals surface area contributed by atoms with Crippen LogP contribution in [0.4, 0.5) is 0 Å². The molecule has 19 heavy (non-hydrogen) atoms. The first-order valence-corrected chi connectivity index (χ1v) is 5.96. The monoisotopic (exact) mass is 254 g/mol. The minimum atomic E-state index is -0.348. The number of aryl methyl sites for hydroxylation is 1. The van der Waals surface area contributed by atoms with E-state index in [2.05, 4.69) is 20.3 Å². The number of H-pyrrole nitrogens is 1. The van der Waals surface area contributed by atoms with E-state index in [1.165, 1.54) is 0 Å². The molecule has 0 aliphatic heterocycles. The number of nitrogens with two attached hydrogens (primary N) is 1. The van der Waals surface area contributed by atoms with E-state index in [1.807, 2.05) is 43.6 Å². The molecule has 0 spiro atoms. The number of hydrogen-bond donors (Lipinski definition) is 2. The Morgan fingerprint density at radius 3 is 2.74 bits per heavy atom. The zero-order chi connectivity index (χ0) is 13.2. The van der Waals surface area contributed by atoms with Gasteiger partial charge in [-0.3, -0.25) is 9.78 Å². The lowest BCUT2D eigenvalue weighted by molar-refractivity contribution is 0.759. The molecule has 2 aromatic heterocycles. The topological polar surface area (TPSA) is 85.4 Å². The molecule has 0 saturated carbocycles. The van der Waals surface area contributed by atoms with Gasteiger partial charge >= 0.3 is 0 Å². The lowest BCUT2D eigenvalue weighted by Crippen LogP contribution is -2.13. The van der Waals surface area contributed by atoms with Crippen LogP contribution in [0.3, 0.4) is 0 Å². The maximum absolute atomic E-state index is 6.13. The molecule has 6 nitrogen and oxygen atoms in total. The maximum atomic E-state index is 6.13. The summed E-state index contributed by atoms with van der Waals surface area (Å²) in [7, 11) is 1.85. The third kappa shape index (κ3) is 2.25. The predicted molar refractivity (Wildman–Crippen MR) is 71.1 cm³/mol. The molecule has 2 heterocycles. The first-order valence-electron chi connectivity index (χ1n) is 5.96. The van der Waals surface area contributed by atoms with E-state index in [-0.39, 0.29) is 6.04 Å². The van der Waals surface area contributed by atoms with E-state index < -0.39 is 0 Å². The Balaban J connectivity index is 1.89. The molecule has 1 aromatic carbocycles. The highest BCUT2D eigenvalue weighted by atomic mass is 15.3. The zero-order valence-corrected chi connectivity index (χ0v) is 10.5. The highest BCUT2D eigenvalue weighted by Crippen LogP contribution is 2.19. The van der Waals surface area contributed by atoms with Crippen LogP contribution in [0.25, 0.3) is 11.4 Å². The number of nitrogens with zero attached hydrogens (tertiary/aromatic N) is 4. The molecule has 3 aromatic rings. The Labute approximate surface area is 110 Å². The summed E-state index contributed by atoms with van der Waals surface area (Å²) in [6, 6.07) is 9.43. The van der Waals surface area contributed by atoms with E-state index >= 15 is 0 Å². The minimum absolute atomic E-state index is 0.348. The van der Waals surface area contributed by atoms with Gasteiger partial charge < -0.3 is 5.73 Å². The van der Waals surface area contributed by atoms with Gasteiger partial charge in [0.05, 0.1) is 12.2 Å². The van der Waals surface area contributed by atoms with Crippen LogP contribution >= 0.6 is 0 Å². The number of hydrogen-bond acceptors (Lipinski definition) is 4. The smallest absolute Gasteiger partial charge is 0.181 e. The molecule has 0 amide bonds. The van der Waals surface area contributed by atoms with Gasteiger partial charge in [0, 0.05) is 24.4 Å². The second-order valence-corrected chi connectivity index (χ2v) is 4.34. The molecule has 0 radical (unpaired) electrons. The minimum Gasteiger partial charge on any atom is -0.318 e. The standard InChI is InChI=1S/C13H14N6/c1-19-8-10(7-15-19)11(14)13-16-12(17-18-13)9-5-3-2-4-6-9/h2-8,11H,14H2,1H3,(H,16,17,18). The van der Waals surface area contributed by atoms with Gasteiger partial charge in [-0.05, 0) is 0 Å². The summed E-state index contributed by atoms with van der Waals surface area (Å²) in [4.78, 5) is 4.44. The fraction of sp³-hybridized carbons (Fsp3) is 0.154. The number of rotatable bonds is 3. The normalized spacial score (nSPS) is 12.5. The summed E-state index contributed by atoms with van der Waals surface area (Å²) in [5, 5.41) is 11.2. The fourth-order valence-corrected chi connectivity index (χ4v) is 1.89. The third-order valence-corrected chi connectivity index (χ3v) is 2.91. The van der Waals surface area contributed by atoms with Gasteiger partial charge in [-0.25, -0.2) is 4.98 Å². The SMILES string of the molecule is Cn1cc(C(N)c2nc(-c3ccccc3)n[nH]2)cn1. The average Bonchev–Trinajstić information content (AvgIpc) is 3.08. The molecule has 0 aliphatic carbocycles. The second kappa shape index (κ2) is 4.66. The van der Waals surface area contributed by atoms with Crippen molar-refractivity contribution < 1.29 is 0 Å². The Bertz CT molecular complexity index is 669. The quantitative estimate of drug-likeness (QED) is 0.736. The molecule has 0 aliphatic rings. The molecule has 0 saturated heterocycles. The highest BCUT2D eigenvalue weighted by molar-refractivity contribution is 5.54. The van der Waals surface area contributed by atoms with Crippen molar-refractivity contribution in [2.24, 2.45) is 12.8 Å². The molecule has 6 heteroatoms. The molecule has 3 N–H and O–H groups in total. The molecule has 1 atom stereocenters. The summed E-state index contributed by atoms with van der Waals surface area (Å²) < 4.78 is 1.71. The Morgan fingerprint density at radius 1 is 1.26 bits per heavy atom. The van der Waals surface area contributed by atoms with Crippen molar-refractivity contribution in [2.45, 2.75) is 6.04 Å². The molecule has 3 rings (SSSR count). The van der Waals surface area contributed by atoms with E-state index in [1.54, 1.807) is 10.9 Å². The third-order valence-electron chi connectivity index (χ3n) is 2.91. The van der Waals surface area contributed by atoms with E-state index in [0.29, 0.717) is 11.6 Å². The average molecular weight is 254 g/mol. The largest absolute Gasteiger partial charge is 0.318 e. The number of nitrogens with one attached hydrogen (secondary N) is 1. The second-order valence-electron chi connectivity index (χ2n) is 4.34. The van der Waals surface area contributed by atoms with Crippen molar-refractivity contribution >= 4 is 0 Å². The molecule has 96 valence electrons.